The molecule has 0 aromatic carbocycles. The first-order valence-corrected chi connectivity index (χ1v) is 5.86. The number of hydrogen-bond acceptors (Lipinski definition) is 5. The van der Waals surface area contributed by atoms with Crippen LogP contribution in [0.1, 0.15) is 11.7 Å². The molecule has 1 atom stereocenters. The third-order valence-electron chi connectivity index (χ3n) is 2.18. The molecule has 2 heterocycles. The van der Waals surface area contributed by atoms with Gasteiger partial charge in [-0.2, -0.15) is 11.3 Å². The molecular formula is C11H13N3OS. The average molecular weight is 235 g/mol. The van der Waals surface area contributed by atoms with Crippen LogP contribution in [0.4, 0.5) is 11.6 Å². The summed E-state index contributed by atoms with van der Waals surface area (Å²) in [6, 6.07) is 7.27. The number of anilines is 2. The molecule has 4 N–H and O–H groups in total. The molecule has 0 aliphatic carbocycles. The van der Waals surface area contributed by atoms with Crippen molar-refractivity contribution in [2.24, 2.45) is 0 Å². The van der Waals surface area contributed by atoms with Gasteiger partial charge in [0.05, 0.1) is 6.10 Å². The van der Waals surface area contributed by atoms with E-state index in [0.29, 0.717) is 18.2 Å². The van der Waals surface area contributed by atoms with Crippen LogP contribution in [0.15, 0.2) is 35.0 Å². The van der Waals surface area contributed by atoms with E-state index in [2.05, 4.69) is 10.3 Å². The van der Waals surface area contributed by atoms with Gasteiger partial charge in [0.1, 0.15) is 11.6 Å². The van der Waals surface area contributed by atoms with Crippen LogP contribution in [0.25, 0.3) is 0 Å². The lowest BCUT2D eigenvalue weighted by Gasteiger charge is -2.11. The minimum absolute atomic E-state index is 0.424. The first kappa shape index (κ1) is 10.9. The molecule has 0 aliphatic rings. The largest absolute Gasteiger partial charge is 0.387 e. The number of nitrogens with two attached hydrogens (primary N) is 1. The van der Waals surface area contributed by atoms with Gasteiger partial charge in [0.2, 0.25) is 0 Å². The van der Waals surface area contributed by atoms with Crippen molar-refractivity contribution in [3.05, 3.63) is 40.6 Å². The molecular weight excluding hydrogens is 222 g/mol. The van der Waals surface area contributed by atoms with Crippen molar-refractivity contribution in [1.82, 2.24) is 4.98 Å². The van der Waals surface area contributed by atoms with Gasteiger partial charge >= 0.3 is 0 Å². The van der Waals surface area contributed by atoms with Gasteiger partial charge in [0, 0.05) is 6.54 Å². The monoisotopic (exact) mass is 235 g/mol. The van der Waals surface area contributed by atoms with Gasteiger partial charge in [-0.3, -0.25) is 0 Å². The molecule has 0 aliphatic heterocycles. The Morgan fingerprint density at radius 3 is 3.00 bits per heavy atom. The fraction of sp³-hybridized carbons (Fsp3) is 0.182. The third kappa shape index (κ3) is 2.71. The fourth-order valence-corrected chi connectivity index (χ4v) is 2.04. The number of rotatable bonds is 4. The minimum atomic E-state index is -0.519. The predicted octanol–water partition coefficient (Wildman–Crippen LogP) is 1.87. The quantitative estimate of drug-likeness (QED) is 0.756. The van der Waals surface area contributed by atoms with Crippen molar-refractivity contribution in [2.75, 3.05) is 17.6 Å². The van der Waals surface area contributed by atoms with Crippen LogP contribution in [0.3, 0.4) is 0 Å². The highest BCUT2D eigenvalue weighted by Gasteiger charge is 2.07. The number of aliphatic hydroxyl groups is 1. The minimum Gasteiger partial charge on any atom is -0.387 e. The lowest BCUT2D eigenvalue weighted by Crippen LogP contribution is -2.12. The molecule has 0 bridgehead atoms. The summed E-state index contributed by atoms with van der Waals surface area (Å²) in [6.45, 7) is 0.424. The van der Waals surface area contributed by atoms with Crippen LogP contribution in [0, 0.1) is 0 Å². The van der Waals surface area contributed by atoms with Crippen LogP contribution in [0.2, 0.25) is 0 Å². The molecule has 2 aromatic rings. The molecule has 0 saturated carbocycles. The van der Waals surface area contributed by atoms with Crippen LogP contribution >= 0.6 is 11.3 Å². The van der Waals surface area contributed by atoms with E-state index in [1.807, 2.05) is 29.0 Å². The fourth-order valence-electron chi connectivity index (χ4n) is 1.33. The Kier molecular flexibility index (Phi) is 3.38. The lowest BCUT2D eigenvalue weighted by molar-refractivity contribution is 0.192. The molecule has 0 spiro atoms. The van der Waals surface area contributed by atoms with E-state index in [1.165, 1.54) is 0 Å². The second-order valence-electron chi connectivity index (χ2n) is 3.40. The summed E-state index contributed by atoms with van der Waals surface area (Å²) in [6.07, 6.45) is -0.519. The first-order chi connectivity index (χ1) is 7.75. The highest BCUT2D eigenvalue weighted by molar-refractivity contribution is 7.07. The zero-order valence-corrected chi connectivity index (χ0v) is 9.45. The number of nitrogen functional groups attached to an aromatic ring is 1. The molecule has 0 fully saturated rings. The summed E-state index contributed by atoms with van der Waals surface area (Å²) in [5.41, 5.74) is 6.47. The Labute approximate surface area is 97.8 Å². The van der Waals surface area contributed by atoms with Gasteiger partial charge in [-0.25, -0.2) is 4.98 Å². The van der Waals surface area contributed by atoms with Crippen molar-refractivity contribution in [1.29, 1.82) is 0 Å². The molecule has 4 nitrogen and oxygen atoms in total. The van der Waals surface area contributed by atoms with E-state index >= 15 is 0 Å². The van der Waals surface area contributed by atoms with Crippen LogP contribution in [0.5, 0.6) is 0 Å². The molecule has 5 heteroatoms. The van der Waals surface area contributed by atoms with Gasteiger partial charge in [-0.1, -0.05) is 6.07 Å². The summed E-state index contributed by atoms with van der Waals surface area (Å²) < 4.78 is 0. The average Bonchev–Trinajstić information content (AvgIpc) is 2.79. The van der Waals surface area contributed by atoms with Crippen molar-refractivity contribution in [3.8, 4) is 0 Å². The molecule has 2 aromatic heterocycles. The van der Waals surface area contributed by atoms with Crippen molar-refractivity contribution in [3.63, 3.8) is 0 Å². The topological polar surface area (TPSA) is 71.2 Å². The van der Waals surface area contributed by atoms with Crippen LogP contribution < -0.4 is 11.1 Å². The van der Waals surface area contributed by atoms with E-state index in [9.17, 15) is 5.11 Å². The standard InChI is InChI=1S/C11H13N3OS/c12-10-2-1-3-11(14-10)13-6-9(15)8-4-5-16-7-8/h1-5,7,9,15H,6H2,(H3,12,13,14). The normalized spacial score (nSPS) is 12.3. The van der Waals surface area contributed by atoms with E-state index in [-0.39, 0.29) is 0 Å². The summed E-state index contributed by atoms with van der Waals surface area (Å²) in [5, 5.41) is 16.7. The summed E-state index contributed by atoms with van der Waals surface area (Å²) in [5.74, 6) is 1.14. The van der Waals surface area contributed by atoms with Crippen LogP contribution in [-0.2, 0) is 0 Å². The van der Waals surface area contributed by atoms with E-state index in [4.69, 9.17) is 5.73 Å². The van der Waals surface area contributed by atoms with Crippen molar-refractivity contribution < 1.29 is 5.11 Å². The van der Waals surface area contributed by atoms with Crippen molar-refractivity contribution in [2.45, 2.75) is 6.10 Å². The first-order valence-electron chi connectivity index (χ1n) is 4.92. The number of pyridine rings is 1. The van der Waals surface area contributed by atoms with Gasteiger partial charge in [0.25, 0.3) is 0 Å². The zero-order valence-electron chi connectivity index (χ0n) is 8.63. The zero-order chi connectivity index (χ0) is 11.4. The van der Waals surface area contributed by atoms with Gasteiger partial charge in [0.15, 0.2) is 0 Å². The van der Waals surface area contributed by atoms with Gasteiger partial charge < -0.3 is 16.2 Å². The number of nitrogens with one attached hydrogen (secondary N) is 1. The molecule has 2 rings (SSSR count). The number of aromatic nitrogens is 1. The highest BCUT2D eigenvalue weighted by Crippen LogP contribution is 2.16. The summed E-state index contributed by atoms with van der Waals surface area (Å²) in [7, 11) is 0. The summed E-state index contributed by atoms with van der Waals surface area (Å²) in [4.78, 5) is 4.08. The number of nitrogens with zero attached hydrogens (tertiary/aromatic N) is 1. The maximum Gasteiger partial charge on any atom is 0.128 e. The maximum atomic E-state index is 9.83. The van der Waals surface area contributed by atoms with Crippen LogP contribution in [-0.4, -0.2) is 16.6 Å². The molecule has 0 radical (unpaired) electrons. The second-order valence-corrected chi connectivity index (χ2v) is 4.18. The lowest BCUT2D eigenvalue weighted by atomic mass is 10.2. The summed E-state index contributed by atoms with van der Waals surface area (Å²) >= 11 is 1.57. The molecule has 0 amide bonds. The number of thiophene rings is 1. The predicted molar refractivity (Wildman–Crippen MR) is 66.4 cm³/mol. The molecule has 84 valence electrons. The number of hydrogen-bond donors (Lipinski definition) is 3. The van der Waals surface area contributed by atoms with Crippen molar-refractivity contribution >= 4 is 23.0 Å². The second kappa shape index (κ2) is 4.96. The molecule has 16 heavy (non-hydrogen) atoms. The van der Waals surface area contributed by atoms with E-state index in [0.717, 1.165) is 5.56 Å². The third-order valence-corrected chi connectivity index (χ3v) is 2.88. The molecule has 0 saturated heterocycles. The molecule has 1 unspecified atom stereocenters. The van der Waals surface area contributed by atoms with E-state index in [1.54, 1.807) is 17.4 Å². The Balaban J connectivity index is 1.92. The van der Waals surface area contributed by atoms with Gasteiger partial charge in [-0.15, -0.1) is 0 Å². The highest BCUT2D eigenvalue weighted by atomic mass is 32.1. The van der Waals surface area contributed by atoms with E-state index < -0.39 is 6.10 Å². The SMILES string of the molecule is Nc1cccc(NCC(O)c2ccsc2)n1. The Morgan fingerprint density at radius 1 is 1.44 bits per heavy atom. The maximum absolute atomic E-state index is 9.83. The Bertz CT molecular complexity index is 444. The Hall–Kier alpha value is -1.59. The Morgan fingerprint density at radius 2 is 2.31 bits per heavy atom. The number of aliphatic hydroxyl groups excluding tert-OH is 1. The van der Waals surface area contributed by atoms with Gasteiger partial charge in [-0.05, 0) is 34.5 Å². The smallest absolute Gasteiger partial charge is 0.128 e.